The number of ketones is 1. The van der Waals surface area contributed by atoms with Gasteiger partial charge in [0, 0.05) is 25.2 Å². The summed E-state index contributed by atoms with van der Waals surface area (Å²) in [5.74, 6) is -5.56. The summed E-state index contributed by atoms with van der Waals surface area (Å²) in [5.41, 5.74) is -2.17. The van der Waals surface area contributed by atoms with Crippen molar-refractivity contribution in [2.45, 2.75) is 58.7 Å². The maximum Gasteiger partial charge on any atom is 0.430 e. The van der Waals surface area contributed by atoms with E-state index >= 15 is 0 Å². The van der Waals surface area contributed by atoms with E-state index in [0.717, 1.165) is 4.90 Å². The van der Waals surface area contributed by atoms with Gasteiger partial charge in [0.2, 0.25) is 5.91 Å². The van der Waals surface area contributed by atoms with Gasteiger partial charge in [0.15, 0.2) is 5.78 Å². The molecular formula is C24H29Cl2F3N4O4. The molecule has 0 radical (unpaired) electrons. The fourth-order valence-electron chi connectivity index (χ4n) is 4.16. The fourth-order valence-corrected chi connectivity index (χ4v) is 4.73. The van der Waals surface area contributed by atoms with Crippen molar-refractivity contribution in [1.29, 1.82) is 5.41 Å². The Morgan fingerprint density at radius 2 is 1.70 bits per heavy atom. The number of alkyl halides is 3. The molecule has 204 valence electrons. The topological polar surface area (TPSA) is 124 Å². The molecule has 1 saturated carbocycles. The lowest BCUT2D eigenvalue weighted by Crippen LogP contribution is -2.49. The zero-order valence-corrected chi connectivity index (χ0v) is 22.1. The summed E-state index contributed by atoms with van der Waals surface area (Å²) in [6.07, 6.45) is -1.75. The van der Waals surface area contributed by atoms with Gasteiger partial charge in [0.1, 0.15) is 11.6 Å². The summed E-state index contributed by atoms with van der Waals surface area (Å²) < 4.78 is 42.3. The van der Waals surface area contributed by atoms with Gasteiger partial charge in [-0.3, -0.25) is 24.4 Å². The second-order valence-electron chi connectivity index (χ2n) is 10.2. The molecule has 37 heavy (non-hydrogen) atoms. The molecule has 2 rings (SSSR count). The highest BCUT2D eigenvalue weighted by Crippen LogP contribution is 2.31. The average molecular weight is 565 g/mol. The molecule has 1 atom stereocenters. The first kappa shape index (κ1) is 30.7. The van der Waals surface area contributed by atoms with Crippen molar-refractivity contribution in [3.05, 3.63) is 28.0 Å². The maximum absolute atomic E-state index is 14.1. The number of carboxylic acid groups (broad SMARTS) is 1. The number of nitrogens with one attached hydrogen (secondary N) is 1. The Balaban J connectivity index is 2.41. The third-order valence-electron chi connectivity index (χ3n) is 5.83. The van der Waals surface area contributed by atoms with Crippen LogP contribution in [0.2, 0.25) is 10.0 Å². The van der Waals surface area contributed by atoms with Gasteiger partial charge in [-0.25, -0.2) is 0 Å². The van der Waals surface area contributed by atoms with E-state index in [-0.39, 0.29) is 47.8 Å². The number of rotatable bonds is 9. The van der Waals surface area contributed by atoms with Crippen molar-refractivity contribution < 1.29 is 32.7 Å². The van der Waals surface area contributed by atoms with Crippen molar-refractivity contribution in [3.8, 4) is 0 Å². The SMILES string of the molecule is CC(C)(C)CN(CC(=O)c1c(Cl)cncc1Cl)C(=O)C(C=N)C(=NC1CCC(C(=O)O)CC1)C(F)(F)F. The molecule has 8 nitrogen and oxygen atoms in total. The predicted octanol–water partition coefficient (Wildman–Crippen LogP) is 5.36. The minimum Gasteiger partial charge on any atom is -0.481 e. The van der Waals surface area contributed by atoms with Gasteiger partial charge >= 0.3 is 12.1 Å². The van der Waals surface area contributed by atoms with Crippen LogP contribution < -0.4 is 0 Å². The number of Topliss-reactive ketones (excluding diaryl/α,β-unsaturated/α-hetero) is 1. The summed E-state index contributed by atoms with van der Waals surface area (Å²) in [5, 5.41) is 16.7. The van der Waals surface area contributed by atoms with Crippen LogP contribution >= 0.6 is 23.2 Å². The molecule has 0 saturated heterocycles. The van der Waals surface area contributed by atoms with E-state index in [1.165, 1.54) is 12.4 Å². The highest BCUT2D eigenvalue weighted by Gasteiger charge is 2.45. The van der Waals surface area contributed by atoms with Crippen molar-refractivity contribution in [2.75, 3.05) is 13.1 Å². The van der Waals surface area contributed by atoms with Crippen molar-refractivity contribution >= 4 is 52.8 Å². The molecule has 1 aromatic rings. The number of aliphatic carboxylic acids is 1. The fraction of sp³-hybridized carbons (Fsp3) is 0.583. The van der Waals surface area contributed by atoms with Gasteiger partial charge < -0.3 is 15.4 Å². The van der Waals surface area contributed by atoms with Crippen LogP contribution in [0.4, 0.5) is 13.2 Å². The highest BCUT2D eigenvalue weighted by atomic mass is 35.5. The monoisotopic (exact) mass is 564 g/mol. The molecule has 1 aliphatic carbocycles. The number of aromatic nitrogens is 1. The minimum absolute atomic E-state index is 0.0706. The Labute approximate surface area is 222 Å². The summed E-state index contributed by atoms with van der Waals surface area (Å²) in [6.45, 7) is 4.49. The summed E-state index contributed by atoms with van der Waals surface area (Å²) in [6, 6.07) is -0.838. The largest absolute Gasteiger partial charge is 0.481 e. The molecule has 0 aromatic carbocycles. The van der Waals surface area contributed by atoms with E-state index in [1.807, 2.05) is 0 Å². The summed E-state index contributed by atoms with van der Waals surface area (Å²) in [4.78, 5) is 46.1. The molecule has 1 aliphatic rings. The van der Waals surface area contributed by atoms with Crippen LogP contribution in [0.5, 0.6) is 0 Å². The van der Waals surface area contributed by atoms with Gasteiger partial charge in [-0.2, -0.15) is 13.2 Å². The standard InChI is InChI=1S/C24H29Cl2F3N4O4/c1-23(2,3)12-33(11-18(34)19-16(25)9-31-10-17(19)26)21(35)15(8-30)20(24(27,28)29)32-14-6-4-13(5-7-14)22(36)37/h8-10,13-15,30H,4-7,11-12H2,1-3H3,(H,36,37). The van der Waals surface area contributed by atoms with E-state index < -0.39 is 59.4 Å². The molecule has 1 heterocycles. The van der Waals surface area contributed by atoms with Crippen LogP contribution in [0.15, 0.2) is 17.4 Å². The van der Waals surface area contributed by atoms with E-state index in [0.29, 0.717) is 6.21 Å². The minimum atomic E-state index is -5.03. The third kappa shape index (κ3) is 8.49. The number of carbonyl (C=O) groups is 3. The first-order valence-corrected chi connectivity index (χ1v) is 12.3. The van der Waals surface area contributed by atoms with E-state index in [2.05, 4.69) is 9.98 Å². The Hall–Kier alpha value is -2.53. The van der Waals surface area contributed by atoms with E-state index in [4.69, 9.17) is 33.7 Å². The number of carbonyl (C=O) groups excluding carboxylic acids is 2. The van der Waals surface area contributed by atoms with E-state index in [9.17, 15) is 27.6 Å². The molecule has 1 amide bonds. The number of pyridine rings is 1. The normalized spacial score (nSPS) is 19.7. The van der Waals surface area contributed by atoms with Gasteiger partial charge in [0.25, 0.3) is 0 Å². The Morgan fingerprint density at radius 3 is 2.14 bits per heavy atom. The number of nitrogens with zero attached hydrogens (tertiary/aromatic N) is 3. The number of aliphatic imine (C=N–C) groups is 1. The highest BCUT2D eigenvalue weighted by molar-refractivity contribution is 6.39. The lowest BCUT2D eigenvalue weighted by Gasteiger charge is -2.32. The number of hydrogen-bond acceptors (Lipinski definition) is 6. The lowest BCUT2D eigenvalue weighted by atomic mass is 9.86. The maximum atomic E-state index is 14.1. The van der Waals surface area contributed by atoms with Gasteiger partial charge in [0.05, 0.1) is 34.1 Å². The van der Waals surface area contributed by atoms with E-state index in [1.54, 1.807) is 20.8 Å². The molecule has 13 heteroatoms. The summed E-state index contributed by atoms with van der Waals surface area (Å²) >= 11 is 12.1. The molecular weight excluding hydrogens is 536 g/mol. The molecule has 0 bridgehead atoms. The van der Waals surface area contributed by atoms with Crippen LogP contribution in [0, 0.1) is 22.7 Å². The molecule has 2 N–H and O–H groups in total. The molecule has 0 aliphatic heterocycles. The van der Waals surface area contributed by atoms with Gasteiger partial charge in [-0.15, -0.1) is 0 Å². The van der Waals surface area contributed by atoms with Crippen molar-refractivity contribution in [1.82, 2.24) is 9.88 Å². The van der Waals surface area contributed by atoms with Crippen molar-refractivity contribution in [3.63, 3.8) is 0 Å². The average Bonchev–Trinajstić information content (AvgIpc) is 2.77. The lowest BCUT2D eigenvalue weighted by molar-refractivity contribution is -0.142. The quantitative estimate of drug-likeness (QED) is 0.308. The first-order valence-electron chi connectivity index (χ1n) is 11.5. The number of amides is 1. The molecule has 1 fully saturated rings. The number of carboxylic acids is 1. The molecule has 1 unspecified atom stereocenters. The van der Waals surface area contributed by atoms with Gasteiger partial charge in [-0.1, -0.05) is 44.0 Å². The molecule has 1 aromatic heterocycles. The number of halogens is 5. The van der Waals surface area contributed by atoms with Crippen molar-refractivity contribution in [2.24, 2.45) is 22.2 Å². The molecule has 0 spiro atoms. The first-order chi connectivity index (χ1) is 17.0. The third-order valence-corrected chi connectivity index (χ3v) is 6.40. The Kier molecular flexibility index (Phi) is 10.2. The second kappa shape index (κ2) is 12.3. The zero-order valence-electron chi connectivity index (χ0n) is 20.6. The Bertz CT molecular complexity index is 1040. The van der Waals surface area contributed by atoms with Crippen LogP contribution in [0.3, 0.4) is 0 Å². The van der Waals surface area contributed by atoms with Crippen LogP contribution in [0.1, 0.15) is 56.8 Å². The Morgan fingerprint density at radius 1 is 1.16 bits per heavy atom. The van der Waals surface area contributed by atoms with Crippen LogP contribution in [0.25, 0.3) is 0 Å². The van der Waals surface area contributed by atoms with Crippen LogP contribution in [-0.2, 0) is 9.59 Å². The summed E-state index contributed by atoms with van der Waals surface area (Å²) in [7, 11) is 0. The van der Waals surface area contributed by atoms with Gasteiger partial charge in [-0.05, 0) is 31.1 Å². The zero-order chi connectivity index (χ0) is 28.1. The second-order valence-corrected chi connectivity index (χ2v) is 11.0. The number of hydrogen-bond donors (Lipinski definition) is 2. The van der Waals surface area contributed by atoms with Crippen LogP contribution in [-0.4, -0.2) is 69.9 Å². The smallest absolute Gasteiger partial charge is 0.430 e. The predicted molar refractivity (Wildman–Crippen MR) is 134 cm³/mol.